The van der Waals surface area contributed by atoms with Crippen molar-refractivity contribution in [1.29, 1.82) is 0 Å². The number of carbonyl (C=O) groups is 1. The van der Waals surface area contributed by atoms with Crippen molar-refractivity contribution in [3.05, 3.63) is 41.2 Å². The van der Waals surface area contributed by atoms with Crippen LogP contribution in [-0.4, -0.2) is 51.1 Å². The van der Waals surface area contributed by atoms with Crippen LogP contribution in [0.2, 0.25) is 0 Å². The zero-order valence-electron chi connectivity index (χ0n) is 15.6. The minimum absolute atomic E-state index is 0.225. The second-order valence-electron chi connectivity index (χ2n) is 7.15. The molecule has 1 N–H and O–H groups in total. The summed E-state index contributed by atoms with van der Waals surface area (Å²) in [7, 11) is 0. The monoisotopic (exact) mass is 351 g/mol. The zero-order chi connectivity index (χ0) is 18.3. The van der Waals surface area contributed by atoms with Gasteiger partial charge < -0.3 is 10.2 Å². The number of piperazine rings is 1. The highest BCUT2D eigenvalue weighted by Crippen LogP contribution is 2.23. The Morgan fingerprint density at radius 2 is 2.12 bits per heavy atom. The van der Waals surface area contributed by atoms with Crippen molar-refractivity contribution in [3.63, 3.8) is 0 Å². The molecule has 1 aliphatic rings. The molecule has 0 aliphatic carbocycles. The second-order valence-corrected chi connectivity index (χ2v) is 7.15. The van der Waals surface area contributed by atoms with Crippen molar-refractivity contribution in [2.45, 2.75) is 39.7 Å². The molecule has 1 unspecified atom stereocenters. The molecule has 3 aromatic rings. The van der Waals surface area contributed by atoms with E-state index in [-0.39, 0.29) is 11.9 Å². The van der Waals surface area contributed by atoms with Crippen molar-refractivity contribution in [2.24, 2.45) is 0 Å². The highest BCUT2D eigenvalue weighted by Gasteiger charge is 2.23. The van der Waals surface area contributed by atoms with Gasteiger partial charge in [-0.05, 0) is 44.9 Å². The summed E-state index contributed by atoms with van der Waals surface area (Å²) < 4.78 is 1.92. The van der Waals surface area contributed by atoms with Gasteiger partial charge in [0.15, 0.2) is 5.65 Å². The lowest BCUT2D eigenvalue weighted by molar-refractivity contribution is -0.133. The summed E-state index contributed by atoms with van der Waals surface area (Å²) in [6, 6.07) is 8.32. The molecule has 3 heterocycles. The van der Waals surface area contributed by atoms with Crippen molar-refractivity contribution in [2.75, 3.05) is 19.6 Å². The Bertz CT molecular complexity index is 977. The summed E-state index contributed by atoms with van der Waals surface area (Å²) in [6.45, 7) is 8.74. The number of benzene rings is 1. The Morgan fingerprint density at radius 3 is 2.92 bits per heavy atom. The Balaban J connectivity index is 1.62. The van der Waals surface area contributed by atoms with E-state index < -0.39 is 0 Å². The fourth-order valence-corrected chi connectivity index (χ4v) is 3.93. The lowest BCUT2D eigenvalue weighted by Gasteiger charge is -2.34. The Hall–Kier alpha value is -2.47. The molecule has 2 aromatic heterocycles. The topological polar surface area (TPSA) is 62.5 Å². The van der Waals surface area contributed by atoms with Gasteiger partial charge in [-0.3, -0.25) is 4.79 Å². The minimum Gasteiger partial charge on any atom is -0.337 e. The second kappa shape index (κ2) is 6.68. The molecule has 0 bridgehead atoms. The first-order valence-electron chi connectivity index (χ1n) is 9.30. The van der Waals surface area contributed by atoms with Crippen LogP contribution in [0.5, 0.6) is 0 Å². The molecule has 1 saturated heterocycles. The highest BCUT2D eigenvalue weighted by atomic mass is 16.2. The lowest BCUT2D eigenvalue weighted by atomic mass is 10.0. The zero-order valence-corrected chi connectivity index (χ0v) is 15.6. The first-order valence-corrected chi connectivity index (χ1v) is 9.30. The predicted octanol–water partition coefficient (Wildman–Crippen LogP) is 2.25. The molecule has 1 atom stereocenters. The molecule has 1 fully saturated rings. The van der Waals surface area contributed by atoms with Gasteiger partial charge in [0.1, 0.15) is 0 Å². The van der Waals surface area contributed by atoms with Gasteiger partial charge in [0.05, 0.1) is 5.52 Å². The highest BCUT2D eigenvalue weighted by molar-refractivity contribution is 5.92. The van der Waals surface area contributed by atoms with Gasteiger partial charge in [-0.2, -0.15) is 5.10 Å². The number of hydrogen-bond acceptors (Lipinski definition) is 4. The standard InChI is InChI=1S/C20H25N5O/c1-13-12-21-10-11-24(13)19(26)9-8-16-14(2)22-20-17-6-4-5-7-18(17)23-25(20)15(16)3/h4-7,13,21H,8-12H2,1-3H3. The van der Waals surface area contributed by atoms with Crippen LogP contribution in [0.1, 0.15) is 30.3 Å². The summed E-state index contributed by atoms with van der Waals surface area (Å²) in [6.07, 6.45) is 1.21. The number of nitrogens with one attached hydrogen (secondary N) is 1. The van der Waals surface area contributed by atoms with E-state index in [2.05, 4.69) is 25.2 Å². The number of fused-ring (bicyclic) bond motifs is 3. The predicted molar refractivity (Wildman–Crippen MR) is 102 cm³/mol. The smallest absolute Gasteiger partial charge is 0.223 e. The number of carbonyl (C=O) groups excluding carboxylic acids is 1. The van der Waals surface area contributed by atoms with Crippen LogP contribution >= 0.6 is 0 Å². The summed E-state index contributed by atoms with van der Waals surface area (Å²) in [5.74, 6) is 0.225. The van der Waals surface area contributed by atoms with Crippen LogP contribution in [0.25, 0.3) is 16.6 Å². The van der Waals surface area contributed by atoms with Crippen molar-refractivity contribution in [1.82, 2.24) is 24.8 Å². The van der Waals surface area contributed by atoms with Crippen LogP contribution in [0.4, 0.5) is 0 Å². The molecule has 6 heteroatoms. The van der Waals surface area contributed by atoms with E-state index in [0.717, 1.165) is 53.1 Å². The summed E-state index contributed by atoms with van der Waals surface area (Å²) in [4.78, 5) is 19.5. The van der Waals surface area contributed by atoms with Crippen LogP contribution in [-0.2, 0) is 11.2 Å². The average molecular weight is 351 g/mol. The fraction of sp³-hybridized carbons (Fsp3) is 0.450. The molecule has 4 rings (SSSR count). The van der Waals surface area contributed by atoms with Gasteiger partial charge in [-0.25, -0.2) is 9.50 Å². The van der Waals surface area contributed by atoms with Gasteiger partial charge in [-0.15, -0.1) is 0 Å². The third kappa shape index (κ3) is 2.84. The van der Waals surface area contributed by atoms with E-state index in [4.69, 9.17) is 10.1 Å². The molecule has 1 aromatic carbocycles. The number of amides is 1. The lowest BCUT2D eigenvalue weighted by Crippen LogP contribution is -2.52. The normalized spacial score (nSPS) is 18.0. The van der Waals surface area contributed by atoms with Gasteiger partial charge in [-0.1, -0.05) is 12.1 Å². The molecule has 6 nitrogen and oxygen atoms in total. The summed E-state index contributed by atoms with van der Waals surface area (Å²) in [5, 5.41) is 9.09. The quantitative estimate of drug-likeness (QED) is 0.786. The Labute approximate surface area is 153 Å². The Morgan fingerprint density at radius 1 is 1.31 bits per heavy atom. The summed E-state index contributed by atoms with van der Waals surface area (Å²) >= 11 is 0. The van der Waals surface area contributed by atoms with E-state index in [1.165, 1.54) is 0 Å². The molecular weight excluding hydrogens is 326 g/mol. The van der Waals surface area contributed by atoms with Crippen LogP contribution < -0.4 is 5.32 Å². The molecule has 136 valence electrons. The Kier molecular flexibility index (Phi) is 4.36. The van der Waals surface area contributed by atoms with Gasteiger partial charge >= 0.3 is 0 Å². The van der Waals surface area contributed by atoms with E-state index in [1.54, 1.807) is 0 Å². The van der Waals surface area contributed by atoms with Gasteiger partial charge in [0, 0.05) is 48.9 Å². The molecule has 1 amide bonds. The molecule has 0 saturated carbocycles. The maximum atomic E-state index is 12.7. The first kappa shape index (κ1) is 17.0. The number of rotatable bonds is 3. The number of aromatic nitrogens is 3. The molecule has 0 radical (unpaired) electrons. The number of nitrogens with zero attached hydrogens (tertiary/aromatic N) is 4. The average Bonchev–Trinajstić information content (AvgIpc) is 3.01. The fourth-order valence-electron chi connectivity index (χ4n) is 3.93. The third-order valence-electron chi connectivity index (χ3n) is 5.43. The van der Waals surface area contributed by atoms with E-state index in [9.17, 15) is 4.79 Å². The van der Waals surface area contributed by atoms with E-state index >= 15 is 0 Å². The van der Waals surface area contributed by atoms with Crippen molar-refractivity contribution < 1.29 is 4.79 Å². The van der Waals surface area contributed by atoms with Gasteiger partial charge in [0.25, 0.3) is 0 Å². The SMILES string of the molecule is Cc1nc2c3ccccc3nn2c(C)c1CCC(=O)N1CCNCC1C. The summed E-state index contributed by atoms with van der Waals surface area (Å²) in [5.41, 5.74) is 5.03. The van der Waals surface area contributed by atoms with Crippen LogP contribution in [0.15, 0.2) is 24.3 Å². The van der Waals surface area contributed by atoms with Crippen molar-refractivity contribution in [3.8, 4) is 0 Å². The first-order chi connectivity index (χ1) is 12.6. The molecule has 26 heavy (non-hydrogen) atoms. The molecular formula is C20H25N5O. The maximum Gasteiger partial charge on any atom is 0.223 e. The minimum atomic E-state index is 0.225. The number of hydrogen-bond donors (Lipinski definition) is 1. The third-order valence-corrected chi connectivity index (χ3v) is 5.43. The number of aryl methyl sites for hydroxylation is 2. The molecule has 1 aliphatic heterocycles. The van der Waals surface area contributed by atoms with Crippen LogP contribution in [0.3, 0.4) is 0 Å². The van der Waals surface area contributed by atoms with E-state index in [1.807, 2.05) is 34.5 Å². The largest absolute Gasteiger partial charge is 0.337 e. The van der Waals surface area contributed by atoms with E-state index in [0.29, 0.717) is 12.8 Å². The van der Waals surface area contributed by atoms with Gasteiger partial charge in [0.2, 0.25) is 5.91 Å². The van der Waals surface area contributed by atoms with Crippen LogP contribution in [0, 0.1) is 13.8 Å². The maximum absolute atomic E-state index is 12.7. The van der Waals surface area contributed by atoms with Crippen molar-refractivity contribution >= 4 is 22.5 Å². The molecule has 0 spiro atoms.